The molecule has 1 aliphatic rings. The number of ether oxygens (including phenoxy) is 1. The molecule has 0 radical (unpaired) electrons. The van der Waals surface area contributed by atoms with E-state index >= 15 is 0 Å². The molecule has 0 bridgehead atoms. The van der Waals surface area contributed by atoms with E-state index in [0.717, 1.165) is 42.3 Å². The highest BCUT2D eigenvalue weighted by molar-refractivity contribution is 6.04. The van der Waals surface area contributed by atoms with Gasteiger partial charge in [0.15, 0.2) is 6.29 Å². The van der Waals surface area contributed by atoms with Crippen LogP contribution in [0.4, 0.5) is 5.69 Å². The number of carbonyl (C=O) groups is 1. The summed E-state index contributed by atoms with van der Waals surface area (Å²) < 4.78 is 11.1. The number of aliphatic hydroxyl groups excluding tert-OH is 4. The van der Waals surface area contributed by atoms with Crippen molar-refractivity contribution >= 4 is 27.9 Å². The average Bonchev–Trinajstić information content (AvgIpc) is 3.47. The number of nitrogens with one attached hydrogen (secondary N) is 1. The van der Waals surface area contributed by atoms with Gasteiger partial charge in [0.05, 0.1) is 0 Å². The van der Waals surface area contributed by atoms with Gasteiger partial charge in [0.25, 0.3) is 5.91 Å². The number of carbonyl (C=O) groups excluding carboxylic acids is 1. The highest BCUT2D eigenvalue weighted by Crippen LogP contribution is 2.31. The Hall–Kier alpha value is -3.72. The van der Waals surface area contributed by atoms with E-state index in [1.807, 2.05) is 18.2 Å². The normalized spacial score (nSPS) is 23.1. The van der Waals surface area contributed by atoms with Crippen LogP contribution in [0.2, 0.25) is 0 Å². The number of hydrogen-bond acceptors (Lipinski definition) is 9. The molecule has 1 fully saturated rings. The summed E-state index contributed by atoms with van der Waals surface area (Å²) in [5.74, 6) is 0.192. The number of benzene rings is 2. The van der Waals surface area contributed by atoms with Crippen molar-refractivity contribution in [3.05, 3.63) is 59.9 Å². The first-order valence-electron chi connectivity index (χ1n) is 13.8. The van der Waals surface area contributed by atoms with Gasteiger partial charge in [-0.3, -0.25) is 4.79 Å². The molecule has 1 aliphatic heterocycles. The molecule has 0 saturated carbocycles. The van der Waals surface area contributed by atoms with Crippen LogP contribution in [-0.4, -0.2) is 76.7 Å². The third-order valence-corrected chi connectivity index (χ3v) is 7.30. The lowest BCUT2D eigenvalue weighted by Crippen LogP contribution is -2.60. The van der Waals surface area contributed by atoms with Crippen LogP contribution in [0.1, 0.15) is 39.4 Å². The monoisotopic (exact) mass is 563 g/mol. The summed E-state index contributed by atoms with van der Waals surface area (Å²) in [7, 11) is 0. The first-order chi connectivity index (χ1) is 19.7. The Labute approximate surface area is 239 Å². The number of rotatable bonds is 10. The van der Waals surface area contributed by atoms with Crippen LogP contribution >= 0.6 is 0 Å². The van der Waals surface area contributed by atoms with Crippen molar-refractivity contribution in [2.75, 3.05) is 24.5 Å². The van der Waals surface area contributed by atoms with E-state index in [1.54, 1.807) is 19.1 Å². The Morgan fingerprint density at radius 3 is 2.32 bits per heavy atom. The van der Waals surface area contributed by atoms with Crippen LogP contribution < -0.4 is 10.2 Å². The molecule has 1 aromatic heterocycles. The maximum atomic E-state index is 12.8. The van der Waals surface area contributed by atoms with Gasteiger partial charge >= 0.3 is 0 Å². The highest BCUT2D eigenvalue weighted by atomic mass is 16.6. The second kappa shape index (κ2) is 13.3. The third kappa shape index (κ3) is 6.62. The Balaban J connectivity index is 1.50. The van der Waals surface area contributed by atoms with Gasteiger partial charge in [-0.2, -0.15) is 5.26 Å². The lowest BCUT2D eigenvalue weighted by molar-refractivity contribution is -0.280. The maximum absolute atomic E-state index is 12.8. The van der Waals surface area contributed by atoms with E-state index in [2.05, 4.69) is 48.3 Å². The highest BCUT2D eigenvalue weighted by Gasteiger charge is 2.43. The molecule has 0 aliphatic carbocycles. The van der Waals surface area contributed by atoms with Gasteiger partial charge in [-0.25, -0.2) is 0 Å². The summed E-state index contributed by atoms with van der Waals surface area (Å²) in [6.45, 7) is 7.66. The molecule has 218 valence electrons. The minimum atomic E-state index is -1.72. The van der Waals surface area contributed by atoms with Crippen molar-refractivity contribution in [1.29, 1.82) is 5.26 Å². The van der Waals surface area contributed by atoms with Gasteiger partial charge in [-0.05, 0) is 60.9 Å². The molecule has 5 N–H and O–H groups in total. The fourth-order valence-electron chi connectivity index (χ4n) is 5.00. The first kappa shape index (κ1) is 30.2. The number of aliphatic hydroxyl groups is 4. The van der Waals surface area contributed by atoms with Gasteiger partial charge < -0.3 is 39.8 Å². The van der Waals surface area contributed by atoms with Gasteiger partial charge in [0.2, 0.25) is 0 Å². The van der Waals surface area contributed by atoms with E-state index in [4.69, 9.17) is 9.15 Å². The SMILES string of the molecule is CCCN(CCC)c1ccc2cc(-c3ccc(/C(C)=C(\C#N)C(=O)NC[C@H]4OC(O)[C@H](O)[C@@H](O)[C@@H]4O)o3)ccc2c1. The predicted molar refractivity (Wildman–Crippen MR) is 155 cm³/mol. The maximum Gasteiger partial charge on any atom is 0.262 e. The second-order valence-corrected chi connectivity index (χ2v) is 10.3. The van der Waals surface area contributed by atoms with Crippen LogP contribution in [0.15, 0.2) is 58.5 Å². The molecule has 10 nitrogen and oxygen atoms in total. The molecule has 0 spiro atoms. The zero-order valence-electron chi connectivity index (χ0n) is 23.4. The number of allylic oxidation sites excluding steroid dienone is 1. The predicted octanol–water partition coefficient (Wildman–Crippen LogP) is 2.94. The average molecular weight is 564 g/mol. The Bertz CT molecular complexity index is 1440. The number of hydrogen-bond donors (Lipinski definition) is 5. The molecule has 4 rings (SSSR count). The Morgan fingerprint density at radius 1 is 0.951 bits per heavy atom. The standard InChI is InChI=1S/C31H37N3O7/c1-4-12-34(13-5-2)22-9-8-19-14-21(7-6-20(19)15-22)25-11-10-24(40-25)18(3)23(16-32)30(38)33-17-26-27(35)28(36)29(37)31(39)41-26/h6-11,14-15,26-29,31,35-37,39H,4-5,12-13,17H2,1-3H3,(H,33,38)/b23-18+/t26-,27-,28+,29-,31?/m1/s1. The van der Waals surface area contributed by atoms with Gasteiger partial charge in [-0.1, -0.05) is 32.0 Å². The van der Waals surface area contributed by atoms with Gasteiger partial charge in [-0.15, -0.1) is 0 Å². The molecule has 3 aromatic rings. The molecule has 2 aromatic carbocycles. The van der Waals surface area contributed by atoms with Crippen molar-refractivity contribution in [2.24, 2.45) is 0 Å². The number of amides is 1. The van der Waals surface area contributed by atoms with Crippen molar-refractivity contribution < 1.29 is 34.4 Å². The zero-order valence-corrected chi connectivity index (χ0v) is 23.4. The Morgan fingerprint density at radius 2 is 1.63 bits per heavy atom. The number of anilines is 1. The molecule has 2 heterocycles. The van der Waals surface area contributed by atoms with Crippen LogP contribution in [0.5, 0.6) is 0 Å². The summed E-state index contributed by atoms with van der Waals surface area (Å²) in [6, 6.07) is 17.9. The van der Waals surface area contributed by atoms with Crippen LogP contribution in [0.3, 0.4) is 0 Å². The lowest BCUT2D eigenvalue weighted by Gasteiger charge is -2.38. The molecule has 10 heteroatoms. The minimum absolute atomic E-state index is 0.202. The summed E-state index contributed by atoms with van der Waals surface area (Å²) in [4.78, 5) is 15.2. The number of furan rings is 1. The van der Waals surface area contributed by atoms with E-state index < -0.39 is 36.6 Å². The van der Waals surface area contributed by atoms with Crippen molar-refractivity contribution in [3.63, 3.8) is 0 Å². The third-order valence-electron chi connectivity index (χ3n) is 7.30. The molecule has 1 saturated heterocycles. The van der Waals surface area contributed by atoms with Gasteiger partial charge in [0, 0.05) is 36.5 Å². The van der Waals surface area contributed by atoms with Gasteiger partial charge in [0.1, 0.15) is 47.6 Å². The summed E-state index contributed by atoms with van der Waals surface area (Å²) in [5, 5.41) is 53.6. The van der Waals surface area contributed by atoms with E-state index in [9.17, 15) is 30.5 Å². The number of fused-ring (bicyclic) bond motifs is 1. The summed E-state index contributed by atoms with van der Waals surface area (Å²) in [5.41, 5.74) is 2.17. The largest absolute Gasteiger partial charge is 0.456 e. The van der Waals surface area contributed by atoms with E-state index in [1.165, 1.54) is 5.69 Å². The molecular formula is C31H37N3O7. The lowest BCUT2D eigenvalue weighted by atomic mass is 9.99. The Kier molecular flexibility index (Phi) is 9.81. The number of nitriles is 1. The topological polar surface area (TPSA) is 159 Å². The molecular weight excluding hydrogens is 526 g/mol. The van der Waals surface area contributed by atoms with Crippen molar-refractivity contribution in [2.45, 2.75) is 64.3 Å². The summed E-state index contributed by atoms with van der Waals surface area (Å²) in [6.07, 6.45) is -5.62. The fraction of sp³-hybridized carbons (Fsp3) is 0.419. The van der Waals surface area contributed by atoms with Crippen molar-refractivity contribution in [3.8, 4) is 17.4 Å². The minimum Gasteiger partial charge on any atom is -0.456 e. The van der Waals surface area contributed by atoms with Crippen LogP contribution in [-0.2, 0) is 9.53 Å². The molecule has 1 amide bonds. The number of nitrogens with zero attached hydrogens (tertiary/aromatic N) is 2. The fourth-order valence-corrected chi connectivity index (χ4v) is 5.00. The van der Waals surface area contributed by atoms with E-state index in [-0.39, 0.29) is 12.1 Å². The van der Waals surface area contributed by atoms with Crippen LogP contribution in [0, 0.1) is 11.3 Å². The first-order valence-corrected chi connectivity index (χ1v) is 13.8. The van der Waals surface area contributed by atoms with Crippen molar-refractivity contribution in [1.82, 2.24) is 5.32 Å². The van der Waals surface area contributed by atoms with Crippen LogP contribution in [0.25, 0.3) is 27.7 Å². The van der Waals surface area contributed by atoms with E-state index in [0.29, 0.717) is 17.1 Å². The smallest absolute Gasteiger partial charge is 0.262 e. The molecule has 41 heavy (non-hydrogen) atoms. The molecule has 1 unspecified atom stereocenters. The quantitative estimate of drug-likeness (QED) is 0.185. The second-order valence-electron chi connectivity index (χ2n) is 10.3. The zero-order chi connectivity index (χ0) is 29.7. The summed E-state index contributed by atoms with van der Waals surface area (Å²) >= 11 is 0. The molecule has 5 atom stereocenters.